The first-order valence-corrected chi connectivity index (χ1v) is 8.26. The first-order chi connectivity index (χ1) is 11.4. The second-order valence-corrected chi connectivity index (χ2v) is 7.23. The molecule has 0 saturated heterocycles. The zero-order valence-electron chi connectivity index (χ0n) is 14.6. The van der Waals surface area contributed by atoms with E-state index in [0.29, 0.717) is 23.8 Å². The van der Waals surface area contributed by atoms with Gasteiger partial charge in [0.1, 0.15) is 17.7 Å². The van der Waals surface area contributed by atoms with E-state index in [1.54, 1.807) is 12.5 Å². The van der Waals surface area contributed by atoms with Gasteiger partial charge in [0.05, 0.1) is 7.11 Å². The lowest BCUT2D eigenvalue weighted by molar-refractivity contribution is 0.237. The van der Waals surface area contributed by atoms with Crippen molar-refractivity contribution in [1.29, 1.82) is 0 Å². The number of amides is 1. The number of methoxy groups -OCH3 is 1. The van der Waals surface area contributed by atoms with Crippen molar-refractivity contribution < 1.29 is 13.9 Å². The molecule has 2 aromatic rings. The quantitative estimate of drug-likeness (QED) is 0.909. The van der Waals surface area contributed by atoms with Gasteiger partial charge in [-0.2, -0.15) is 4.98 Å². The van der Waals surface area contributed by atoms with Crippen LogP contribution in [0.1, 0.15) is 45.9 Å². The number of carbonyl (C=O) groups excluding carboxylic acids is 1. The fourth-order valence-corrected chi connectivity index (χ4v) is 2.39. The van der Waals surface area contributed by atoms with Crippen LogP contribution < -0.4 is 10.1 Å². The number of carbonyl (C=O) groups is 1. The Balaban J connectivity index is 1.76. The summed E-state index contributed by atoms with van der Waals surface area (Å²) in [6.07, 6.45) is 6.74. The Bertz CT molecular complexity index is 723. The lowest BCUT2D eigenvalue weighted by atomic mass is 9.97. The van der Waals surface area contributed by atoms with Crippen molar-refractivity contribution in [2.24, 2.45) is 5.92 Å². The predicted molar refractivity (Wildman–Crippen MR) is 89.1 cm³/mol. The molecule has 0 aliphatic heterocycles. The van der Waals surface area contributed by atoms with E-state index >= 15 is 0 Å². The van der Waals surface area contributed by atoms with Crippen LogP contribution in [-0.2, 0) is 5.41 Å². The van der Waals surface area contributed by atoms with Crippen LogP contribution in [0.2, 0.25) is 0 Å². The molecule has 3 rings (SSSR count). The summed E-state index contributed by atoms with van der Waals surface area (Å²) >= 11 is 0. The predicted octanol–water partition coefficient (Wildman–Crippen LogP) is 3.20. The number of hydrogen-bond acceptors (Lipinski definition) is 5. The fraction of sp³-hybridized carbons (Fsp3) is 0.588. The lowest BCUT2D eigenvalue weighted by Gasteiger charge is -2.11. The third kappa shape index (κ3) is 3.60. The molecule has 0 aromatic carbocycles. The van der Waals surface area contributed by atoms with Gasteiger partial charge in [0.25, 0.3) is 0 Å². The topological polar surface area (TPSA) is 82.2 Å². The van der Waals surface area contributed by atoms with Crippen molar-refractivity contribution in [2.75, 3.05) is 13.7 Å². The zero-order valence-corrected chi connectivity index (χ0v) is 14.6. The Hall–Kier alpha value is -2.31. The summed E-state index contributed by atoms with van der Waals surface area (Å²) in [7, 11) is 1.49. The summed E-state index contributed by atoms with van der Waals surface area (Å²) in [6, 6.07) is -0.0139. The highest BCUT2D eigenvalue weighted by Crippen LogP contribution is 2.31. The van der Waals surface area contributed by atoms with Gasteiger partial charge in [-0.25, -0.2) is 14.3 Å². The van der Waals surface area contributed by atoms with Crippen LogP contribution in [0, 0.1) is 5.92 Å². The van der Waals surface area contributed by atoms with Crippen molar-refractivity contribution in [3.05, 3.63) is 18.4 Å². The highest BCUT2D eigenvalue weighted by atomic mass is 16.5. The normalized spacial score (nSPS) is 14.7. The van der Waals surface area contributed by atoms with Crippen LogP contribution in [0.4, 0.5) is 4.79 Å². The summed E-state index contributed by atoms with van der Waals surface area (Å²) in [5.74, 6) is 1.40. The summed E-state index contributed by atoms with van der Waals surface area (Å²) in [5, 5.41) is 2.90. The Kier molecular flexibility index (Phi) is 4.34. The number of aromatic nitrogens is 3. The number of nitrogens with one attached hydrogen (secondary N) is 1. The van der Waals surface area contributed by atoms with Crippen LogP contribution >= 0.6 is 0 Å². The maximum atomic E-state index is 12.3. The van der Waals surface area contributed by atoms with E-state index in [0.717, 1.165) is 12.3 Å². The highest BCUT2D eigenvalue weighted by Gasteiger charge is 2.24. The Labute approximate surface area is 141 Å². The molecule has 0 unspecified atom stereocenters. The molecule has 0 bridgehead atoms. The zero-order chi connectivity index (χ0) is 17.3. The van der Waals surface area contributed by atoms with E-state index in [1.165, 1.54) is 24.5 Å². The molecular weight excluding hydrogens is 308 g/mol. The number of oxazole rings is 1. The molecule has 24 heavy (non-hydrogen) atoms. The Morgan fingerprint density at radius 2 is 2.12 bits per heavy atom. The van der Waals surface area contributed by atoms with Gasteiger partial charge in [-0.15, -0.1) is 0 Å². The number of ether oxygens (including phenoxy) is 1. The minimum absolute atomic E-state index is 0.189. The molecule has 0 atom stereocenters. The van der Waals surface area contributed by atoms with Crippen LogP contribution in [0.25, 0.3) is 11.4 Å². The molecule has 1 N–H and O–H groups in total. The van der Waals surface area contributed by atoms with Crippen molar-refractivity contribution in [1.82, 2.24) is 19.9 Å². The lowest BCUT2D eigenvalue weighted by Crippen LogP contribution is -2.29. The summed E-state index contributed by atoms with van der Waals surface area (Å²) in [4.78, 5) is 21.1. The molecule has 2 aromatic heterocycles. The maximum absolute atomic E-state index is 12.3. The summed E-state index contributed by atoms with van der Waals surface area (Å²) < 4.78 is 12.1. The van der Waals surface area contributed by atoms with E-state index in [4.69, 9.17) is 9.15 Å². The molecule has 0 radical (unpaired) electrons. The molecule has 130 valence electrons. The SMILES string of the molecule is COc1nc(-c2coc(C(C)(C)C)n2)cn1C(=O)NCCC1CC1. The van der Waals surface area contributed by atoms with Gasteiger partial charge in [0.15, 0.2) is 5.89 Å². The minimum Gasteiger partial charge on any atom is -0.468 e. The molecule has 1 aliphatic carbocycles. The van der Waals surface area contributed by atoms with Crippen LogP contribution in [0.15, 0.2) is 16.9 Å². The monoisotopic (exact) mass is 332 g/mol. The van der Waals surface area contributed by atoms with Crippen molar-refractivity contribution in [3.8, 4) is 17.4 Å². The van der Waals surface area contributed by atoms with Gasteiger partial charge in [-0.3, -0.25) is 0 Å². The van der Waals surface area contributed by atoms with E-state index in [1.807, 2.05) is 20.8 Å². The molecule has 2 heterocycles. The molecule has 1 fully saturated rings. The van der Waals surface area contributed by atoms with E-state index < -0.39 is 0 Å². The van der Waals surface area contributed by atoms with E-state index in [-0.39, 0.29) is 17.5 Å². The fourth-order valence-electron chi connectivity index (χ4n) is 2.39. The molecule has 7 heteroatoms. The van der Waals surface area contributed by atoms with Gasteiger partial charge in [0.2, 0.25) is 0 Å². The molecule has 7 nitrogen and oxygen atoms in total. The van der Waals surface area contributed by atoms with Crippen LogP contribution in [-0.4, -0.2) is 34.2 Å². The Morgan fingerprint density at radius 1 is 1.38 bits per heavy atom. The smallest absolute Gasteiger partial charge is 0.329 e. The minimum atomic E-state index is -0.245. The second-order valence-electron chi connectivity index (χ2n) is 7.23. The van der Waals surface area contributed by atoms with Gasteiger partial charge < -0.3 is 14.5 Å². The number of imidazole rings is 1. The largest absolute Gasteiger partial charge is 0.468 e. The average molecular weight is 332 g/mol. The molecule has 1 saturated carbocycles. The number of hydrogen-bond donors (Lipinski definition) is 1. The summed E-state index contributed by atoms with van der Waals surface area (Å²) in [6.45, 7) is 6.73. The van der Waals surface area contributed by atoms with Gasteiger partial charge in [-0.05, 0) is 12.3 Å². The second kappa shape index (κ2) is 6.30. The summed E-state index contributed by atoms with van der Waals surface area (Å²) in [5.41, 5.74) is 0.941. The highest BCUT2D eigenvalue weighted by molar-refractivity contribution is 5.79. The van der Waals surface area contributed by atoms with E-state index in [2.05, 4.69) is 15.3 Å². The van der Waals surface area contributed by atoms with Gasteiger partial charge >= 0.3 is 12.0 Å². The first kappa shape index (κ1) is 16.5. The number of nitrogens with zero attached hydrogens (tertiary/aromatic N) is 3. The standard InChI is InChI=1S/C17H24N4O3/c1-17(2,3)14-19-13(10-24-14)12-9-21(16(20-12)23-4)15(22)18-8-7-11-5-6-11/h9-11H,5-8H2,1-4H3,(H,18,22). The molecular formula is C17H24N4O3. The van der Waals surface area contributed by atoms with Crippen LogP contribution in [0.3, 0.4) is 0 Å². The first-order valence-electron chi connectivity index (χ1n) is 8.26. The van der Waals surface area contributed by atoms with Crippen LogP contribution in [0.5, 0.6) is 6.01 Å². The molecule has 1 amide bonds. The van der Waals surface area contributed by atoms with Gasteiger partial charge in [0, 0.05) is 18.2 Å². The third-order valence-corrected chi connectivity index (χ3v) is 4.01. The maximum Gasteiger partial charge on any atom is 0.329 e. The molecule has 1 aliphatic rings. The number of rotatable bonds is 5. The van der Waals surface area contributed by atoms with Gasteiger partial charge in [-0.1, -0.05) is 33.6 Å². The van der Waals surface area contributed by atoms with Crippen molar-refractivity contribution in [3.63, 3.8) is 0 Å². The molecule has 0 spiro atoms. The van der Waals surface area contributed by atoms with Crippen molar-refractivity contribution in [2.45, 2.75) is 45.4 Å². The Morgan fingerprint density at radius 3 is 2.71 bits per heavy atom. The average Bonchev–Trinajstić information content (AvgIpc) is 3.04. The van der Waals surface area contributed by atoms with Crippen molar-refractivity contribution >= 4 is 6.03 Å². The van der Waals surface area contributed by atoms with E-state index in [9.17, 15) is 4.79 Å². The third-order valence-electron chi connectivity index (χ3n) is 4.01.